The van der Waals surface area contributed by atoms with Crippen molar-refractivity contribution in [3.8, 4) is 0 Å². The van der Waals surface area contributed by atoms with E-state index in [4.69, 9.17) is 0 Å². The van der Waals surface area contributed by atoms with E-state index in [1.54, 1.807) is 17.0 Å². The Balaban J connectivity index is 2.19. The summed E-state index contributed by atoms with van der Waals surface area (Å²) >= 11 is 0. The van der Waals surface area contributed by atoms with Crippen molar-refractivity contribution in [2.24, 2.45) is 0 Å². The highest BCUT2D eigenvalue weighted by molar-refractivity contribution is 7.92. The predicted molar refractivity (Wildman–Crippen MR) is 146 cm³/mol. The molecule has 0 aliphatic rings. The summed E-state index contributed by atoms with van der Waals surface area (Å²) in [6.45, 7) is 10.1. The van der Waals surface area contributed by atoms with Crippen molar-refractivity contribution in [3.63, 3.8) is 0 Å². The first-order chi connectivity index (χ1) is 16.8. The number of carbonyl (C=O) groups is 2. The molecule has 0 bridgehead atoms. The zero-order valence-electron chi connectivity index (χ0n) is 22.5. The number of benzene rings is 2. The maximum Gasteiger partial charge on any atom is 0.243 e. The molecule has 2 rings (SSSR count). The summed E-state index contributed by atoms with van der Waals surface area (Å²) in [6.07, 6.45) is 2.79. The van der Waals surface area contributed by atoms with Gasteiger partial charge in [-0.2, -0.15) is 0 Å². The van der Waals surface area contributed by atoms with Gasteiger partial charge in [0.05, 0.1) is 11.9 Å². The summed E-state index contributed by atoms with van der Waals surface area (Å²) in [5.74, 6) is -0.329. The number of aryl methyl sites for hydroxylation is 1. The second-order valence-electron chi connectivity index (χ2n) is 10.2. The van der Waals surface area contributed by atoms with Crippen molar-refractivity contribution in [2.45, 2.75) is 71.9 Å². The molecule has 1 atom stereocenters. The van der Waals surface area contributed by atoms with Crippen molar-refractivity contribution in [2.75, 3.05) is 23.7 Å². The highest BCUT2D eigenvalue weighted by Gasteiger charge is 2.30. The molecule has 7 nitrogen and oxygen atoms in total. The molecular formula is C28H41N3O4S. The normalized spacial score (nSPS) is 12.6. The number of rotatable bonds is 12. The van der Waals surface area contributed by atoms with Gasteiger partial charge in [0.1, 0.15) is 6.04 Å². The van der Waals surface area contributed by atoms with Crippen LogP contribution in [0, 0.1) is 6.92 Å². The number of para-hydroxylation sites is 1. The number of amides is 2. The lowest BCUT2D eigenvalue weighted by atomic mass is 10.0. The number of hydrogen-bond acceptors (Lipinski definition) is 4. The standard InChI is InChI=1S/C28H41N3O4S/c1-7-24(27(33)29-28(3,4)5)30(21-19-23-15-9-8-10-16-23)26(32)18-13-20-31(36(6,34)35)25-17-12-11-14-22(25)2/h8-12,14-17,24H,7,13,18-21H2,1-6H3,(H,29,33)/t24-/m0/s1. The van der Waals surface area contributed by atoms with E-state index in [1.165, 1.54) is 10.6 Å². The van der Waals surface area contributed by atoms with Crippen molar-refractivity contribution < 1.29 is 18.0 Å². The van der Waals surface area contributed by atoms with Crippen LogP contribution in [0.15, 0.2) is 54.6 Å². The molecule has 0 radical (unpaired) electrons. The number of sulfonamides is 1. The van der Waals surface area contributed by atoms with E-state index in [2.05, 4.69) is 5.32 Å². The van der Waals surface area contributed by atoms with Gasteiger partial charge in [0.15, 0.2) is 0 Å². The van der Waals surface area contributed by atoms with E-state index in [1.807, 2.05) is 77.1 Å². The molecule has 0 saturated heterocycles. The van der Waals surface area contributed by atoms with Crippen molar-refractivity contribution in [1.29, 1.82) is 0 Å². The van der Waals surface area contributed by atoms with Gasteiger partial charge in [0.25, 0.3) is 0 Å². The van der Waals surface area contributed by atoms with E-state index < -0.39 is 21.6 Å². The van der Waals surface area contributed by atoms with Crippen LogP contribution in [0.25, 0.3) is 0 Å². The summed E-state index contributed by atoms with van der Waals surface area (Å²) < 4.78 is 26.4. The maximum absolute atomic E-state index is 13.4. The van der Waals surface area contributed by atoms with Crippen molar-refractivity contribution >= 4 is 27.5 Å². The number of carbonyl (C=O) groups excluding carboxylic acids is 2. The molecule has 0 heterocycles. The molecule has 0 aliphatic heterocycles. The summed E-state index contributed by atoms with van der Waals surface area (Å²) in [5, 5.41) is 3.01. The molecular weight excluding hydrogens is 474 g/mol. The van der Waals surface area contributed by atoms with Crippen molar-refractivity contribution in [1.82, 2.24) is 10.2 Å². The Hall–Kier alpha value is -2.87. The highest BCUT2D eigenvalue weighted by Crippen LogP contribution is 2.23. The van der Waals surface area contributed by atoms with Gasteiger partial charge in [-0.05, 0) is 64.2 Å². The first-order valence-corrected chi connectivity index (χ1v) is 14.4. The molecule has 0 spiro atoms. The molecule has 2 amide bonds. The van der Waals surface area contributed by atoms with E-state index in [0.717, 1.165) is 11.1 Å². The fourth-order valence-electron chi connectivity index (χ4n) is 4.17. The third-order valence-electron chi connectivity index (χ3n) is 5.90. The zero-order valence-corrected chi connectivity index (χ0v) is 23.3. The zero-order chi connectivity index (χ0) is 26.9. The maximum atomic E-state index is 13.4. The Morgan fingerprint density at radius 2 is 1.58 bits per heavy atom. The van der Waals surface area contributed by atoms with Crippen LogP contribution in [0.3, 0.4) is 0 Å². The quantitative estimate of drug-likeness (QED) is 0.456. The number of nitrogens with one attached hydrogen (secondary N) is 1. The van der Waals surface area contributed by atoms with Gasteiger partial charge in [-0.1, -0.05) is 55.5 Å². The lowest BCUT2D eigenvalue weighted by Crippen LogP contribution is -2.54. The lowest BCUT2D eigenvalue weighted by molar-refractivity contribution is -0.141. The molecule has 0 saturated carbocycles. The van der Waals surface area contributed by atoms with Crippen molar-refractivity contribution in [3.05, 3.63) is 65.7 Å². The van der Waals surface area contributed by atoms with Gasteiger partial charge in [0, 0.05) is 25.0 Å². The SMILES string of the molecule is CC[C@@H](C(=O)NC(C)(C)C)N(CCc1ccccc1)C(=O)CCCN(c1ccccc1C)S(C)(=O)=O. The molecule has 0 aliphatic carbocycles. The highest BCUT2D eigenvalue weighted by atomic mass is 32.2. The molecule has 0 aromatic heterocycles. The van der Waals surface area contributed by atoms with Gasteiger partial charge < -0.3 is 10.2 Å². The summed E-state index contributed by atoms with van der Waals surface area (Å²) in [5.41, 5.74) is 2.14. The molecule has 0 fully saturated rings. The Bertz CT molecular complexity index is 1110. The Morgan fingerprint density at radius 3 is 2.14 bits per heavy atom. The minimum absolute atomic E-state index is 0.145. The average Bonchev–Trinajstić information content (AvgIpc) is 2.78. The average molecular weight is 516 g/mol. The molecule has 8 heteroatoms. The summed E-state index contributed by atoms with van der Waals surface area (Å²) in [6, 6.07) is 16.6. The van der Waals surface area contributed by atoms with E-state index in [9.17, 15) is 18.0 Å². The van der Waals surface area contributed by atoms with Gasteiger partial charge in [-0.3, -0.25) is 13.9 Å². The van der Waals surface area contributed by atoms with Crippen LogP contribution in [0.5, 0.6) is 0 Å². The van der Waals surface area contributed by atoms with Crippen LogP contribution in [0.1, 0.15) is 58.1 Å². The second-order valence-corrected chi connectivity index (χ2v) is 12.1. The number of nitrogens with zero attached hydrogens (tertiary/aromatic N) is 2. The third kappa shape index (κ3) is 8.97. The van der Waals surface area contributed by atoms with Crippen LogP contribution >= 0.6 is 0 Å². The first-order valence-electron chi connectivity index (χ1n) is 12.5. The van der Waals surface area contributed by atoms with E-state index >= 15 is 0 Å². The van der Waals surface area contributed by atoms with Crippen LogP contribution < -0.4 is 9.62 Å². The van der Waals surface area contributed by atoms with Gasteiger partial charge >= 0.3 is 0 Å². The lowest BCUT2D eigenvalue weighted by Gasteiger charge is -2.33. The monoisotopic (exact) mass is 515 g/mol. The Labute approximate surface area is 216 Å². The minimum Gasteiger partial charge on any atom is -0.350 e. The van der Waals surface area contributed by atoms with Gasteiger partial charge in [-0.25, -0.2) is 8.42 Å². The molecule has 36 heavy (non-hydrogen) atoms. The van der Waals surface area contributed by atoms with Gasteiger partial charge in [0.2, 0.25) is 21.8 Å². The predicted octanol–water partition coefficient (Wildman–Crippen LogP) is 4.31. The summed E-state index contributed by atoms with van der Waals surface area (Å²) in [4.78, 5) is 28.2. The van der Waals surface area contributed by atoms with Crippen LogP contribution in [-0.4, -0.2) is 56.1 Å². The van der Waals surface area contributed by atoms with Gasteiger partial charge in [-0.15, -0.1) is 0 Å². The molecule has 1 N–H and O–H groups in total. The summed E-state index contributed by atoms with van der Waals surface area (Å²) in [7, 11) is -3.52. The Kier molecular flexibility index (Phi) is 10.5. The third-order valence-corrected chi connectivity index (χ3v) is 7.08. The molecule has 2 aromatic rings. The topological polar surface area (TPSA) is 86.8 Å². The fourth-order valence-corrected chi connectivity index (χ4v) is 5.20. The fraction of sp³-hybridized carbons (Fsp3) is 0.500. The second kappa shape index (κ2) is 12.9. The largest absolute Gasteiger partial charge is 0.350 e. The van der Waals surface area contributed by atoms with Crippen LogP contribution in [-0.2, 0) is 26.0 Å². The van der Waals surface area contributed by atoms with Crippen LogP contribution in [0.4, 0.5) is 5.69 Å². The molecule has 2 aromatic carbocycles. The smallest absolute Gasteiger partial charge is 0.243 e. The number of anilines is 1. The number of hydrogen-bond donors (Lipinski definition) is 1. The Morgan fingerprint density at radius 1 is 0.972 bits per heavy atom. The van der Waals surface area contributed by atoms with Crippen LogP contribution in [0.2, 0.25) is 0 Å². The van der Waals surface area contributed by atoms with E-state index in [-0.39, 0.29) is 24.8 Å². The molecule has 198 valence electrons. The minimum atomic E-state index is -3.52. The first kappa shape index (κ1) is 29.4. The molecule has 0 unspecified atom stereocenters. The van der Waals surface area contributed by atoms with E-state index in [0.29, 0.717) is 31.5 Å².